The first kappa shape index (κ1) is 27.3. The van der Waals surface area contributed by atoms with Crippen molar-refractivity contribution in [3.05, 3.63) is 170 Å². The zero-order valence-electron chi connectivity index (χ0n) is 25.0. The zero-order valence-corrected chi connectivity index (χ0v) is 25.0. The van der Waals surface area contributed by atoms with Gasteiger partial charge in [0.2, 0.25) is 0 Å². The summed E-state index contributed by atoms with van der Waals surface area (Å²) < 4.78 is 0. The number of fused-ring (bicyclic) bond motifs is 6. The predicted molar refractivity (Wildman–Crippen MR) is 192 cm³/mol. The van der Waals surface area contributed by atoms with E-state index in [1.807, 2.05) is 72.8 Å². The molecular formula is C42H28N4. The first-order valence-corrected chi connectivity index (χ1v) is 15.3. The molecule has 0 aliphatic heterocycles. The Balaban J connectivity index is 1.33. The summed E-state index contributed by atoms with van der Waals surface area (Å²) in [5, 5.41) is 8.19. The Hall–Kier alpha value is -6.26. The van der Waals surface area contributed by atoms with Crippen LogP contribution in [0.25, 0.3) is 77.6 Å². The number of hydrogen-bond donors (Lipinski definition) is 0. The molecule has 0 radical (unpaired) electrons. The molecule has 2 heterocycles. The molecule has 0 fully saturated rings. The minimum absolute atomic E-state index is 0.561. The van der Waals surface area contributed by atoms with E-state index in [-0.39, 0.29) is 0 Å². The molecule has 216 valence electrons. The average molecular weight is 589 g/mol. The summed E-state index contributed by atoms with van der Waals surface area (Å²) in [4.78, 5) is 20.0. The first-order valence-electron chi connectivity index (χ1n) is 15.3. The predicted octanol–water partition coefficient (Wildman–Crippen LogP) is 10.5. The van der Waals surface area contributed by atoms with Gasteiger partial charge in [-0.05, 0) is 57.3 Å². The number of nitrogens with zero attached hydrogens (tertiary/aromatic N) is 4. The van der Waals surface area contributed by atoms with E-state index in [1.54, 1.807) is 6.08 Å². The van der Waals surface area contributed by atoms with Crippen molar-refractivity contribution >= 4 is 54.9 Å². The number of pyridine rings is 1. The topological polar surface area (TPSA) is 51.6 Å². The quantitative estimate of drug-likeness (QED) is 0.110. The molecule has 0 aliphatic rings. The van der Waals surface area contributed by atoms with Crippen LogP contribution in [0.5, 0.6) is 0 Å². The lowest BCUT2D eigenvalue weighted by Crippen LogP contribution is -2.02. The Kier molecular flexibility index (Phi) is 6.93. The van der Waals surface area contributed by atoms with Crippen molar-refractivity contribution in [1.29, 1.82) is 0 Å². The van der Waals surface area contributed by atoms with Gasteiger partial charge >= 0.3 is 0 Å². The number of benzene rings is 6. The highest BCUT2D eigenvalue weighted by Crippen LogP contribution is 2.36. The van der Waals surface area contributed by atoms with Gasteiger partial charge in [-0.15, -0.1) is 0 Å². The van der Waals surface area contributed by atoms with Gasteiger partial charge in [0.05, 0.1) is 11.2 Å². The van der Waals surface area contributed by atoms with Crippen molar-refractivity contribution in [2.75, 3.05) is 0 Å². The SMILES string of the molecule is C=C/C=C(\C=C\c1nc2ccc3ccccc3c2c2cc3ccccc3cc12)c1nc(-c2ccccc2)nc(-c2ccccc2)n1. The number of allylic oxidation sites excluding steroid dienone is 4. The molecule has 0 N–H and O–H groups in total. The maximum absolute atomic E-state index is 5.22. The fraction of sp³-hybridized carbons (Fsp3) is 0. The maximum Gasteiger partial charge on any atom is 0.164 e. The highest BCUT2D eigenvalue weighted by molar-refractivity contribution is 6.22. The molecule has 0 amide bonds. The van der Waals surface area contributed by atoms with E-state index in [0.717, 1.165) is 38.7 Å². The first-order chi connectivity index (χ1) is 22.7. The maximum atomic E-state index is 5.22. The van der Waals surface area contributed by atoms with E-state index in [2.05, 4.69) is 85.5 Å². The summed E-state index contributed by atoms with van der Waals surface area (Å²) in [5.41, 5.74) is 4.48. The Labute approximate surface area is 266 Å². The van der Waals surface area contributed by atoms with Gasteiger partial charge in [0.15, 0.2) is 17.5 Å². The van der Waals surface area contributed by atoms with Crippen LogP contribution in [0, 0.1) is 0 Å². The normalized spacial score (nSPS) is 12.0. The molecule has 4 nitrogen and oxygen atoms in total. The van der Waals surface area contributed by atoms with Gasteiger partial charge in [-0.3, -0.25) is 0 Å². The summed E-state index contributed by atoms with van der Waals surface area (Å²) in [6, 6.07) is 45.8. The molecule has 2 aromatic heterocycles. The van der Waals surface area contributed by atoms with Crippen LogP contribution in [0.15, 0.2) is 158 Å². The van der Waals surface area contributed by atoms with Crippen molar-refractivity contribution in [1.82, 2.24) is 19.9 Å². The second kappa shape index (κ2) is 11.7. The van der Waals surface area contributed by atoms with E-state index in [9.17, 15) is 0 Å². The molecule has 6 aromatic carbocycles. The lowest BCUT2D eigenvalue weighted by Gasteiger charge is -2.12. The van der Waals surface area contributed by atoms with E-state index in [0.29, 0.717) is 17.5 Å². The van der Waals surface area contributed by atoms with Crippen LogP contribution >= 0.6 is 0 Å². The monoisotopic (exact) mass is 588 g/mol. The lowest BCUT2D eigenvalue weighted by molar-refractivity contribution is 1.04. The average Bonchev–Trinajstić information content (AvgIpc) is 3.12. The summed E-state index contributed by atoms with van der Waals surface area (Å²) in [6.07, 6.45) is 7.79. The highest BCUT2D eigenvalue weighted by atomic mass is 15.0. The van der Waals surface area contributed by atoms with E-state index in [4.69, 9.17) is 19.9 Å². The Bertz CT molecular complexity index is 2420. The molecule has 0 aliphatic carbocycles. The molecule has 0 saturated heterocycles. The lowest BCUT2D eigenvalue weighted by atomic mass is 9.95. The van der Waals surface area contributed by atoms with Crippen LogP contribution in [0.1, 0.15) is 11.5 Å². The Morgan fingerprint density at radius 1 is 0.522 bits per heavy atom. The summed E-state index contributed by atoms with van der Waals surface area (Å²) in [6.45, 7) is 4.00. The van der Waals surface area contributed by atoms with Gasteiger partial charge in [-0.2, -0.15) is 0 Å². The van der Waals surface area contributed by atoms with E-state index < -0.39 is 0 Å². The molecule has 46 heavy (non-hydrogen) atoms. The van der Waals surface area contributed by atoms with Crippen LogP contribution in [-0.4, -0.2) is 19.9 Å². The van der Waals surface area contributed by atoms with Crippen LogP contribution in [0.3, 0.4) is 0 Å². The molecule has 8 rings (SSSR count). The number of aromatic nitrogens is 4. The second-order valence-electron chi connectivity index (χ2n) is 11.2. The molecule has 0 atom stereocenters. The largest absolute Gasteiger partial charge is 0.248 e. The standard InChI is InChI=1S/C42H28N4/c1-2-13-29(40-44-41(30-15-5-3-6-16-30)46-42(45-40)31-17-7-4-8-18-31)23-24-37-35-26-32-19-9-10-20-33(32)27-36(35)39-34-21-12-11-14-28(34)22-25-38(39)43-37/h2-27H,1H2/b24-23+,29-13+. The Morgan fingerprint density at radius 3 is 1.76 bits per heavy atom. The van der Waals surface area contributed by atoms with Gasteiger partial charge in [0, 0.05) is 27.5 Å². The number of hydrogen-bond acceptors (Lipinski definition) is 4. The third-order valence-electron chi connectivity index (χ3n) is 8.25. The smallest absolute Gasteiger partial charge is 0.164 e. The molecule has 0 bridgehead atoms. The minimum Gasteiger partial charge on any atom is -0.248 e. The van der Waals surface area contributed by atoms with Crippen LogP contribution in [-0.2, 0) is 0 Å². The zero-order chi connectivity index (χ0) is 30.9. The van der Waals surface area contributed by atoms with Crippen molar-refractivity contribution in [2.45, 2.75) is 0 Å². The third-order valence-corrected chi connectivity index (χ3v) is 8.25. The second-order valence-corrected chi connectivity index (χ2v) is 11.2. The third kappa shape index (κ3) is 5.02. The van der Waals surface area contributed by atoms with Gasteiger partial charge in [-0.1, -0.05) is 134 Å². The van der Waals surface area contributed by atoms with Crippen molar-refractivity contribution in [3.8, 4) is 22.8 Å². The van der Waals surface area contributed by atoms with Crippen LogP contribution in [0.4, 0.5) is 0 Å². The Morgan fingerprint density at radius 2 is 1.11 bits per heavy atom. The van der Waals surface area contributed by atoms with Gasteiger partial charge in [0.1, 0.15) is 0 Å². The molecular weight excluding hydrogens is 560 g/mol. The molecule has 8 aromatic rings. The van der Waals surface area contributed by atoms with E-state index in [1.165, 1.54) is 26.9 Å². The van der Waals surface area contributed by atoms with Gasteiger partial charge in [0.25, 0.3) is 0 Å². The van der Waals surface area contributed by atoms with Crippen LogP contribution in [0.2, 0.25) is 0 Å². The molecule has 0 unspecified atom stereocenters. The molecule has 0 saturated carbocycles. The van der Waals surface area contributed by atoms with Crippen molar-refractivity contribution in [2.24, 2.45) is 0 Å². The molecule has 0 spiro atoms. The minimum atomic E-state index is 0.561. The highest BCUT2D eigenvalue weighted by Gasteiger charge is 2.14. The summed E-state index contributed by atoms with van der Waals surface area (Å²) in [5.74, 6) is 1.78. The van der Waals surface area contributed by atoms with E-state index >= 15 is 0 Å². The van der Waals surface area contributed by atoms with Gasteiger partial charge in [-0.25, -0.2) is 19.9 Å². The van der Waals surface area contributed by atoms with Crippen LogP contribution < -0.4 is 0 Å². The summed E-state index contributed by atoms with van der Waals surface area (Å²) >= 11 is 0. The fourth-order valence-corrected chi connectivity index (χ4v) is 6.05. The van der Waals surface area contributed by atoms with Gasteiger partial charge < -0.3 is 0 Å². The van der Waals surface area contributed by atoms with Crippen molar-refractivity contribution < 1.29 is 0 Å². The fourth-order valence-electron chi connectivity index (χ4n) is 6.05. The molecule has 4 heteroatoms. The summed E-state index contributed by atoms with van der Waals surface area (Å²) in [7, 11) is 0. The number of rotatable bonds is 6. The van der Waals surface area contributed by atoms with Crippen molar-refractivity contribution in [3.63, 3.8) is 0 Å².